The molecule has 5 rings (SSSR count). The maximum absolute atomic E-state index is 13.3. The summed E-state index contributed by atoms with van der Waals surface area (Å²) < 4.78 is 5.13. The third-order valence-corrected chi connectivity index (χ3v) is 8.01. The van der Waals surface area contributed by atoms with Crippen LogP contribution in [0.4, 0.5) is 5.69 Å². The monoisotopic (exact) mass is 595 g/mol. The standard InChI is InChI=1S/C32H22ClN3O5S/c1-19-15-23(17-34)30(35-29(19)21-5-3-2-4-6-21)42-27-16-28(38)36(31(27)39)25-13-9-22(10-14-25)32(40)41-18-26(37)20-7-11-24(33)12-8-20/h2-15,27H,16,18H2,1H3. The number of nitrogens with zero attached hydrogens (tertiary/aromatic N) is 3. The number of esters is 1. The average Bonchev–Trinajstić information content (AvgIpc) is 3.29. The van der Waals surface area contributed by atoms with Gasteiger partial charge in [0, 0.05) is 22.6 Å². The van der Waals surface area contributed by atoms with Gasteiger partial charge in [-0.1, -0.05) is 53.7 Å². The molecule has 3 aromatic carbocycles. The van der Waals surface area contributed by atoms with Crippen molar-refractivity contribution >= 4 is 52.6 Å². The number of aryl methyl sites for hydroxylation is 1. The molecule has 1 saturated heterocycles. The van der Waals surface area contributed by atoms with Crippen LogP contribution in [-0.2, 0) is 14.3 Å². The first-order chi connectivity index (χ1) is 20.2. The van der Waals surface area contributed by atoms with Crippen molar-refractivity contribution in [1.29, 1.82) is 5.26 Å². The molecule has 1 aliphatic rings. The highest BCUT2D eigenvalue weighted by Crippen LogP contribution is 2.36. The summed E-state index contributed by atoms with van der Waals surface area (Å²) in [6.45, 7) is 1.42. The van der Waals surface area contributed by atoms with Crippen LogP contribution in [0.3, 0.4) is 0 Å². The molecule has 8 nitrogen and oxygen atoms in total. The van der Waals surface area contributed by atoms with Crippen LogP contribution in [0.1, 0.15) is 38.3 Å². The van der Waals surface area contributed by atoms with Gasteiger partial charge in [-0.15, -0.1) is 0 Å². The summed E-state index contributed by atoms with van der Waals surface area (Å²) in [6, 6.07) is 25.4. The zero-order valence-corrected chi connectivity index (χ0v) is 23.8. The first-order valence-corrected chi connectivity index (χ1v) is 14.1. The van der Waals surface area contributed by atoms with Crippen molar-refractivity contribution in [2.24, 2.45) is 0 Å². The van der Waals surface area contributed by atoms with E-state index in [2.05, 4.69) is 6.07 Å². The molecule has 1 fully saturated rings. The van der Waals surface area contributed by atoms with E-state index in [-0.39, 0.29) is 17.8 Å². The Morgan fingerprint density at radius 1 is 1.02 bits per heavy atom. The molecule has 2 amide bonds. The number of amides is 2. The molecule has 0 aliphatic carbocycles. The Balaban J connectivity index is 1.27. The van der Waals surface area contributed by atoms with Gasteiger partial charge in [0.05, 0.1) is 27.8 Å². The van der Waals surface area contributed by atoms with E-state index in [4.69, 9.17) is 21.3 Å². The van der Waals surface area contributed by atoms with E-state index < -0.39 is 29.6 Å². The number of hydrogen-bond acceptors (Lipinski definition) is 8. The Hall–Kier alpha value is -4.78. The fourth-order valence-corrected chi connectivity index (χ4v) is 5.64. The summed E-state index contributed by atoms with van der Waals surface area (Å²) >= 11 is 6.92. The van der Waals surface area contributed by atoms with E-state index in [1.165, 1.54) is 24.3 Å². The molecule has 1 unspecified atom stereocenters. The van der Waals surface area contributed by atoms with Crippen molar-refractivity contribution in [3.63, 3.8) is 0 Å². The molecule has 208 valence electrons. The van der Waals surface area contributed by atoms with Crippen LogP contribution in [0, 0.1) is 18.3 Å². The Labute approximate surface area is 250 Å². The van der Waals surface area contributed by atoms with Gasteiger partial charge >= 0.3 is 5.97 Å². The zero-order chi connectivity index (χ0) is 29.8. The number of carbonyl (C=O) groups is 4. The SMILES string of the molecule is Cc1cc(C#N)c(SC2CC(=O)N(c3ccc(C(=O)OCC(=O)c4ccc(Cl)cc4)cc3)C2=O)nc1-c1ccccc1. The van der Waals surface area contributed by atoms with Crippen LogP contribution in [0.25, 0.3) is 11.3 Å². The summed E-state index contributed by atoms with van der Waals surface area (Å²) in [5, 5.41) is 9.80. The second-order valence-corrected chi connectivity index (χ2v) is 11.0. The van der Waals surface area contributed by atoms with Crippen molar-refractivity contribution in [2.75, 3.05) is 11.5 Å². The second kappa shape index (κ2) is 12.4. The summed E-state index contributed by atoms with van der Waals surface area (Å²) in [4.78, 5) is 56.8. The zero-order valence-electron chi connectivity index (χ0n) is 22.2. The van der Waals surface area contributed by atoms with Crippen molar-refractivity contribution in [3.8, 4) is 17.3 Å². The van der Waals surface area contributed by atoms with Gasteiger partial charge in [-0.05, 0) is 67.1 Å². The normalized spacial score (nSPS) is 14.5. The lowest BCUT2D eigenvalue weighted by Gasteiger charge is -2.16. The van der Waals surface area contributed by atoms with Gasteiger partial charge in [-0.3, -0.25) is 14.4 Å². The number of imide groups is 1. The van der Waals surface area contributed by atoms with Crippen LogP contribution < -0.4 is 4.90 Å². The van der Waals surface area contributed by atoms with Gasteiger partial charge in [-0.25, -0.2) is 14.7 Å². The molecule has 0 spiro atoms. The van der Waals surface area contributed by atoms with E-state index in [1.54, 1.807) is 30.3 Å². The van der Waals surface area contributed by atoms with Gasteiger partial charge in [0.2, 0.25) is 11.8 Å². The highest BCUT2D eigenvalue weighted by Gasteiger charge is 2.41. The number of anilines is 1. The lowest BCUT2D eigenvalue weighted by molar-refractivity contribution is -0.121. The number of nitriles is 1. The number of rotatable bonds is 8. The lowest BCUT2D eigenvalue weighted by atomic mass is 10.1. The molecule has 2 heterocycles. The van der Waals surface area contributed by atoms with Gasteiger partial charge in [-0.2, -0.15) is 5.26 Å². The second-order valence-electron chi connectivity index (χ2n) is 9.42. The highest BCUT2D eigenvalue weighted by molar-refractivity contribution is 8.00. The fourth-order valence-electron chi connectivity index (χ4n) is 4.44. The molecule has 0 radical (unpaired) electrons. The van der Waals surface area contributed by atoms with Gasteiger partial charge in [0.1, 0.15) is 11.1 Å². The summed E-state index contributed by atoms with van der Waals surface area (Å²) in [6.07, 6.45) is -0.0683. The third kappa shape index (κ3) is 6.10. The van der Waals surface area contributed by atoms with E-state index in [0.29, 0.717) is 32.6 Å². The maximum atomic E-state index is 13.3. The average molecular weight is 596 g/mol. The van der Waals surface area contributed by atoms with E-state index in [0.717, 1.165) is 27.8 Å². The Morgan fingerprint density at radius 3 is 2.36 bits per heavy atom. The Kier molecular flexibility index (Phi) is 8.48. The predicted molar refractivity (Wildman–Crippen MR) is 158 cm³/mol. The van der Waals surface area contributed by atoms with E-state index in [9.17, 15) is 24.4 Å². The Bertz CT molecular complexity index is 1740. The quantitative estimate of drug-likeness (QED) is 0.137. The summed E-state index contributed by atoms with van der Waals surface area (Å²) in [5.41, 5.74) is 3.54. The predicted octanol–water partition coefficient (Wildman–Crippen LogP) is 6.05. The number of halogens is 1. The maximum Gasteiger partial charge on any atom is 0.338 e. The number of ether oxygens (including phenoxy) is 1. The number of ketones is 1. The van der Waals surface area contributed by atoms with Crippen LogP contribution in [-0.4, -0.2) is 40.4 Å². The third-order valence-electron chi connectivity index (χ3n) is 6.57. The number of carbonyl (C=O) groups excluding carboxylic acids is 4. The molecule has 0 bridgehead atoms. The number of pyridine rings is 1. The molecule has 1 aromatic heterocycles. The molecule has 0 saturated carbocycles. The molecule has 0 N–H and O–H groups in total. The van der Waals surface area contributed by atoms with Gasteiger partial charge in [0.25, 0.3) is 0 Å². The van der Waals surface area contributed by atoms with Crippen molar-refractivity contribution in [2.45, 2.75) is 23.6 Å². The molecular formula is C32H22ClN3O5S. The largest absolute Gasteiger partial charge is 0.454 e. The van der Waals surface area contributed by atoms with Crippen LogP contribution in [0.15, 0.2) is 90.0 Å². The topological polar surface area (TPSA) is 117 Å². The van der Waals surface area contributed by atoms with E-state index in [1.807, 2.05) is 37.3 Å². The van der Waals surface area contributed by atoms with Gasteiger partial charge < -0.3 is 4.74 Å². The first kappa shape index (κ1) is 28.7. The number of thioether (sulfide) groups is 1. The fraction of sp³-hybridized carbons (Fsp3) is 0.125. The minimum atomic E-state index is -0.771. The smallest absolute Gasteiger partial charge is 0.338 e. The Morgan fingerprint density at radius 2 is 1.69 bits per heavy atom. The van der Waals surface area contributed by atoms with Crippen LogP contribution in [0.2, 0.25) is 5.02 Å². The number of benzene rings is 3. The summed E-state index contributed by atoms with van der Waals surface area (Å²) in [5.74, 6) is -1.95. The first-order valence-electron chi connectivity index (χ1n) is 12.8. The van der Waals surface area contributed by atoms with Crippen molar-refractivity contribution in [3.05, 3.63) is 112 Å². The number of aromatic nitrogens is 1. The van der Waals surface area contributed by atoms with Crippen molar-refractivity contribution < 1.29 is 23.9 Å². The molecule has 42 heavy (non-hydrogen) atoms. The minimum Gasteiger partial charge on any atom is -0.454 e. The van der Waals surface area contributed by atoms with Gasteiger partial charge in [0.15, 0.2) is 12.4 Å². The molecule has 10 heteroatoms. The van der Waals surface area contributed by atoms with Crippen LogP contribution >= 0.6 is 23.4 Å². The molecular weight excluding hydrogens is 574 g/mol. The molecule has 1 aliphatic heterocycles. The minimum absolute atomic E-state index is 0.0683. The molecule has 1 atom stereocenters. The molecule has 4 aromatic rings. The van der Waals surface area contributed by atoms with Crippen LogP contribution in [0.5, 0.6) is 0 Å². The summed E-state index contributed by atoms with van der Waals surface area (Å²) in [7, 11) is 0. The lowest BCUT2D eigenvalue weighted by Crippen LogP contribution is -2.31. The number of Topliss-reactive ketones (excluding diaryl/α,β-unsaturated/α-hetero) is 1. The highest BCUT2D eigenvalue weighted by atomic mass is 35.5. The number of hydrogen-bond donors (Lipinski definition) is 0. The van der Waals surface area contributed by atoms with E-state index >= 15 is 0 Å². The van der Waals surface area contributed by atoms with Crippen molar-refractivity contribution in [1.82, 2.24) is 4.98 Å².